The number of hydrogen-bond donors (Lipinski definition) is 2. The number of hydrogen-bond acceptors (Lipinski definition) is 3. The molecule has 1 aromatic rings. The van der Waals surface area contributed by atoms with Gasteiger partial charge in [0.15, 0.2) is 0 Å². The van der Waals surface area contributed by atoms with E-state index in [2.05, 4.69) is 5.32 Å². The third kappa shape index (κ3) is 2.69. The lowest BCUT2D eigenvalue weighted by Gasteiger charge is -2.27. The van der Waals surface area contributed by atoms with Crippen LogP contribution >= 0.6 is 0 Å². The fourth-order valence-corrected chi connectivity index (χ4v) is 3.01. The molecule has 0 radical (unpaired) electrons. The van der Waals surface area contributed by atoms with Crippen LogP contribution in [0.2, 0.25) is 0 Å². The Morgan fingerprint density at radius 1 is 1.22 bits per heavy atom. The van der Waals surface area contributed by atoms with Crippen LogP contribution in [-0.4, -0.2) is 34.0 Å². The predicted octanol–water partition coefficient (Wildman–Crippen LogP) is 2.27. The van der Waals surface area contributed by atoms with Gasteiger partial charge in [-0.3, -0.25) is 4.79 Å². The zero-order valence-corrected chi connectivity index (χ0v) is 13.6. The van der Waals surface area contributed by atoms with Gasteiger partial charge in [0.2, 0.25) is 0 Å². The summed E-state index contributed by atoms with van der Waals surface area (Å²) in [5.41, 5.74) is 0.621. The molecule has 2 unspecified atom stereocenters. The SMILES string of the molecule is CCc1ccc(C2(CC)NC(=O)N(C(CC)C(=O)O)C2=O)cc1. The van der Waals surface area contributed by atoms with Crippen molar-refractivity contribution in [3.8, 4) is 0 Å². The summed E-state index contributed by atoms with van der Waals surface area (Å²) in [6, 6.07) is 5.70. The summed E-state index contributed by atoms with van der Waals surface area (Å²) in [5, 5.41) is 12.0. The van der Waals surface area contributed by atoms with Crippen molar-refractivity contribution >= 4 is 17.9 Å². The lowest BCUT2D eigenvalue weighted by Crippen LogP contribution is -2.47. The molecular formula is C17H22N2O4. The second-order valence-corrected chi connectivity index (χ2v) is 5.68. The van der Waals surface area contributed by atoms with E-state index in [0.29, 0.717) is 12.0 Å². The van der Waals surface area contributed by atoms with E-state index in [1.165, 1.54) is 0 Å². The van der Waals surface area contributed by atoms with Gasteiger partial charge >= 0.3 is 12.0 Å². The Bertz CT molecular complexity index is 626. The van der Waals surface area contributed by atoms with Crippen LogP contribution < -0.4 is 5.32 Å². The Hall–Kier alpha value is -2.37. The molecule has 23 heavy (non-hydrogen) atoms. The number of rotatable bonds is 6. The van der Waals surface area contributed by atoms with Crippen molar-refractivity contribution in [3.63, 3.8) is 0 Å². The number of carboxylic acid groups (broad SMARTS) is 1. The average Bonchev–Trinajstić information content (AvgIpc) is 2.80. The molecule has 3 amide bonds. The smallest absolute Gasteiger partial charge is 0.326 e. The minimum atomic E-state index is -1.19. The number of aliphatic carboxylic acids is 1. The number of carbonyl (C=O) groups is 3. The van der Waals surface area contributed by atoms with E-state index in [9.17, 15) is 19.5 Å². The van der Waals surface area contributed by atoms with E-state index in [4.69, 9.17) is 0 Å². The Kier molecular flexibility index (Phi) is 4.73. The first-order chi connectivity index (χ1) is 10.9. The number of imide groups is 1. The number of carboxylic acids is 1. The van der Waals surface area contributed by atoms with E-state index in [0.717, 1.165) is 16.9 Å². The van der Waals surface area contributed by atoms with Crippen molar-refractivity contribution in [2.75, 3.05) is 0 Å². The van der Waals surface area contributed by atoms with Gasteiger partial charge in [-0.05, 0) is 30.4 Å². The maximum absolute atomic E-state index is 12.9. The first-order valence-corrected chi connectivity index (χ1v) is 7.89. The lowest BCUT2D eigenvalue weighted by atomic mass is 9.86. The molecular weight excluding hydrogens is 296 g/mol. The highest BCUT2D eigenvalue weighted by atomic mass is 16.4. The van der Waals surface area contributed by atoms with Gasteiger partial charge in [-0.1, -0.05) is 45.0 Å². The van der Waals surface area contributed by atoms with Gasteiger partial charge in [0, 0.05) is 0 Å². The van der Waals surface area contributed by atoms with Crippen LogP contribution in [0.3, 0.4) is 0 Å². The Morgan fingerprint density at radius 2 is 1.83 bits per heavy atom. The summed E-state index contributed by atoms with van der Waals surface area (Å²) in [4.78, 5) is 37.4. The molecule has 6 nitrogen and oxygen atoms in total. The third-order valence-corrected chi connectivity index (χ3v) is 4.49. The number of aryl methyl sites for hydroxylation is 1. The van der Waals surface area contributed by atoms with Gasteiger partial charge in [-0.2, -0.15) is 0 Å². The van der Waals surface area contributed by atoms with Crippen LogP contribution in [-0.2, 0) is 21.5 Å². The Labute approximate surface area is 135 Å². The van der Waals surface area contributed by atoms with Crippen LogP contribution in [0.25, 0.3) is 0 Å². The van der Waals surface area contributed by atoms with Crippen LogP contribution in [0.15, 0.2) is 24.3 Å². The van der Waals surface area contributed by atoms with Gasteiger partial charge in [-0.25, -0.2) is 14.5 Å². The van der Waals surface area contributed by atoms with Crippen LogP contribution in [0, 0.1) is 0 Å². The van der Waals surface area contributed by atoms with Gasteiger partial charge in [0.1, 0.15) is 11.6 Å². The second-order valence-electron chi connectivity index (χ2n) is 5.68. The molecule has 0 saturated carbocycles. The maximum atomic E-state index is 12.9. The molecule has 0 spiro atoms. The van der Waals surface area contributed by atoms with Crippen LogP contribution in [0.5, 0.6) is 0 Å². The van der Waals surface area contributed by atoms with Crippen molar-refractivity contribution < 1.29 is 19.5 Å². The lowest BCUT2D eigenvalue weighted by molar-refractivity contribution is -0.148. The van der Waals surface area contributed by atoms with Crippen molar-refractivity contribution in [2.45, 2.75) is 51.6 Å². The summed E-state index contributed by atoms with van der Waals surface area (Å²) in [7, 11) is 0. The quantitative estimate of drug-likeness (QED) is 0.788. The van der Waals surface area contributed by atoms with E-state index >= 15 is 0 Å². The van der Waals surface area contributed by atoms with Crippen molar-refractivity contribution in [2.24, 2.45) is 0 Å². The molecule has 0 aliphatic carbocycles. The summed E-state index contributed by atoms with van der Waals surface area (Å²) in [6.45, 7) is 5.48. The summed E-state index contributed by atoms with van der Waals surface area (Å²) in [5.74, 6) is -1.67. The molecule has 2 atom stereocenters. The number of carbonyl (C=O) groups excluding carboxylic acids is 2. The minimum absolute atomic E-state index is 0.170. The predicted molar refractivity (Wildman–Crippen MR) is 84.9 cm³/mol. The fourth-order valence-electron chi connectivity index (χ4n) is 3.01. The second kappa shape index (κ2) is 6.40. The Balaban J connectivity index is 2.45. The largest absolute Gasteiger partial charge is 0.480 e. The summed E-state index contributed by atoms with van der Waals surface area (Å²) < 4.78 is 0. The molecule has 0 bridgehead atoms. The molecule has 1 aliphatic heterocycles. The molecule has 1 aromatic carbocycles. The maximum Gasteiger partial charge on any atom is 0.326 e. The molecule has 124 valence electrons. The molecule has 1 heterocycles. The molecule has 1 fully saturated rings. The summed E-state index contributed by atoms with van der Waals surface area (Å²) >= 11 is 0. The van der Waals surface area contributed by atoms with E-state index < -0.39 is 29.5 Å². The normalized spacial score (nSPS) is 22.1. The number of nitrogens with one attached hydrogen (secondary N) is 1. The highest BCUT2D eigenvalue weighted by Crippen LogP contribution is 2.34. The van der Waals surface area contributed by atoms with Gasteiger partial charge in [0.05, 0.1) is 0 Å². The van der Waals surface area contributed by atoms with Crippen molar-refractivity contribution in [1.29, 1.82) is 0 Å². The topological polar surface area (TPSA) is 86.7 Å². The van der Waals surface area contributed by atoms with Gasteiger partial charge in [0.25, 0.3) is 5.91 Å². The third-order valence-electron chi connectivity index (χ3n) is 4.49. The van der Waals surface area contributed by atoms with E-state index in [1.807, 2.05) is 31.2 Å². The van der Waals surface area contributed by atoms with Crippen molar-refractivity contribution in [1.82, 2.24) is 10.2 Å². The van der Waals surface area contributed by atoms with Gasteiger partial charge in [-0.15, -0.1) is 0 Å². The van der Waals surface area contributed by atoms with Crippen molar-refractivity contribution in [3.05, 3.63) is 35.4 Å². The van der Waals surface area contributed by atoms with Crippen LogP contribution in [0.1, 0.15) is 44.7 Å². The average molecular weight is 318 g/mol. The van der Waals surface area contributed by atoms with Crippen LogP contribution in [0.4, 0.5) is 4.79 Å². The molecule has 0 aromatic heterocycles. The number of benzene rings is 1. The number of nitrogens with zero attached hydrogens (tertiary/aromatic N) is 1. The molecule has 6 heteroatoms. The zero-order valence-electron chi connectivity index (χ0n) is 13.6. The Morgan fingerprint density at radius 3 is 2.26 bits per heavy atom. The summed E-state index contributed by atoms with van der Waals surface area (Å²) in [6.07, 6.45) is 1.40. The number of urea groups is 1. The monoisotopic (exact) mass is 318 g/mol. The van der Waals surface area contributed by atoms with E-state index in [1.54, 1.807) is 13.8 Å². The first kappa shape index (κ1) is 17.0. The highest BCUT2D eigenvalue weighted by Gasteiger charge is 2.54. The first-order valence-electron chi connectivity index (χ1n) is 7.89. The molecule has 1 aliphatic rings. The number of amides is 3. The minimum Gasteiger partial charge on any atom is -0.480 e. The zero-order chi connectivity index (χ0) is 17.2. The highest BCUT2D eigenvalue weighted by molar-refractivity contribution is 6.09. The fraction of sp³-hybridized carbons (Fsp3) is 0.471. The molecule has 2 rings (SSSR count). The molecule has 1 saturated heterocycles. The standard InChI is InChI=1S/C17H22N2O4/c1-4-11-7-9-12(10-8-11)17(6-3)15(22)19(16(23)18-17)13(5-2)14(20)21/h7-10,13H,4-6H2,1-3H3,(H,18,23)(H,20,21). The van der Waals surface area contributed by atoms with E-state index in [-0.39, 0.29) is 6.42 Å². The molecule has 2 N–H and O–H groups in total. The van der Waals surface area contributed by atoms with Gasteiger partial charge < -0.3 is 10.4 Å².